The summed E-state index contributed by atoms with van der Waals surface area (Å²) in [5.41, 5.74) is 7.51. The molecule has 3 nitrogen and oxygen atoms in total. The maximum Gasteiger partial charge on any atom is 0.146 e. The molecule has 0 aliphatic heterocycles. The van der Waals surface area contributed by atoms with Crippen molar-refractivity contribution < 1.29 is 4.39 Å². The van der Waals surface area contributed by atoms with Gasteiger partial charge in [0.05, 0.1) is 11.7 Å². The number of nitrogen functional groups attached to an aromatic ring is 1. The number of pyridine rings is 1. The SMILES string of the molecule is Nc1cccc2cnc(-c3cccc(F)c3)n12. The largest absolute Gasteiger partial charge is 0.385 e. The third kappa shape index (κ3) is 1.54. The molecule has 2 N–H and O–H groups in total. The lowest BCUT2D eigenvalue weighted by atomic mass is 10.2. The van der Waals surface area contributed by atoms with Crippen molar-refractivity contribution in [3.05, 3.63) is 54.5 Å². The Morgan fingerprint density at radius 2 is 1.94 bits per heavy atom. The standard InChI is InChI=1S/C13H10FN3/c14-10-4-1-3-9(7-10)13-16-8-11-5-2-6-12(15)17(11)13/h1-8H,15H2. The number of anilines is 1. The van der Waals surface area contributed by atoms with Crippen LogP contribution in [0.5, 0.6) is 0 Å². The lowest BCUT2D eigenvalue weighted by Crippen LogP contribution is -1.98. The molecule has 1 aromatic carbocycles. The van der Waals surface area contributed by atoms with E-state index in [9.17, 15) is 4.39 Å². The Bertz CT molecular complexity index is 688. The number of imidazole rings is 1. The third-order valence-electron chi connectivity index (χ3n) is 2.66. The maximum absolute atomic E-state index is 13.2. The van der Waals surface area contributed by atoms with Crippen molar-refractivity contribution >= 4 is 11.3 Å². The van der Waals surface area contributed by atoms with Crippen LogP contribution >= 0.6 is 0 Å². The third-order valence-corrected chi connectivity index (χ3v) is 2.66. The Morgan fingerprint density at radius 1 is 1.12 bits per heavy atom. The molecule has 3 rings (SSSR count). The lowest BCUT2D eigenvalue weighted by Gasteiger charge is -2.04. The van der Waals surface area contributed by atoms with E-state index in [0.29, 0.717) is 17.2 Å². The summed E-state index contributed by atoms with van der Waals surface area (Å²) in [7, 11) is 0. The monoisotopic (exact) mass is 227 g/mol. The van der Waals surface area contributed by atoms with Crippen LogP contribution in [0.3, 0.4) is 0 Å². The molecule has 0 aliphatic carbocycles. The van der Waals surface area contributed by atoms with Gasteiger partial charge in [0.1, 0.15) is 17.5 Å². The second-order valence-corrected chi connectivity index (χ2v) is 3.80. The minimum atomic E-state index is -0.284. The Hall–Kier alpha value is -2.36. The molecule has 0 amide bonds. The highest BCUT2D eigenvalue weighted by Crippen LogP contribution is 2.22. The summed E-state index contributed by atoms with van der Waals surface area (Å²) in [5, 5.41) is 0. The van der Waals surface area contributed by atoms with E-state index >= 15 is 0 Å². The molecule has 17 heavy (non-hydrogen) atoms. The predicted molar refractivity (Wildman–Crippen MR) is 65.0 cm³/mol. The molecule has 2 aromatic heterocycles. The van der Waals surface area contributed by atoms with Crippen molar-refractivity contribution in [2.24, 2.45) is 0 Å². The number of fused-ring (bicyclic) bond motifs is 1. The van der Waals surface area contributed by atoms with Crippen molar-refractivity contribution in [2.45, 2.75) is 0 Å². The molecule has 0 saturated carbocycles. The Balaban J connectivity index is 2.31. The number of hydrogen-bond donors (Lipinski definition) is 1. The molecular formula is C13H10FN3. The van der Waals surface area contributed by atoms with Crippen molar-refractivity contribution in [3.8, 4) is 11.4 Å². The van der Waals surface area contributed by atoms with Gasteiger partial charge in [-0.2, -0.15) is 0 Å². The zero-order chi connectivity index (χ0) is 11.8. The van der Waals surface area contributed by atoms with Gasteiger partial charge in [0.15, 0.2) is 0 Å². The minimum absolute atomic E-state index is 0.284. The van der Waals surface area contributed by atoms with E-state index < -0.39 is 0 Å². The molecule has 0 saturated heterocycles. The summed E-state index contributed by atoms with van der Waals surface area (Å²) in [6.07, 6.45) is 1.72. The van der Waals surface area contributed by atoms with E-state index in [-0.39, 0.29) is 5.82 Å². The minimum Gasteiger partial charge on any atom is -0.385 e. The number of benzene rings is 1. The molecule has 84 valence electrons. The number of hydrogen-bond acceptors (Lipinski definition) is 2. The smallest absolute Gasteiger partial charge is 0.146 e. The highest BCUT2D eigenvalue weighted by atomic mass is 19.1. The molecule has 0 atom stereocenters. The van der Waals surface area contributed by atoms with Crippen LogP contribution in [-0.4, -0.2) is 9.38 Å². The van der Waals surface area contributed by atoms with Gasteiger partial charge in [-0.05, 0) is 24.3 Å². The normalized spacial score (nSPS) is 10.9. The lowest BCUT2D eigenvalue weighted by molar-refractivity contribution is 0.628. The molecule has 0 bridgehead atoms. The van der Waals surface area contributed by atoms with Gasteiger partial charge in [0, 0.05) is 5.56 Å². The van der Waals surface area contributed by atoms with Gasteiger partial charge in [0.2, 0.25) is 0 Å². The Kier molecular flexibility index (Phi) is 2.08. The number of nitrogens with zero attached hydrogens (tertiary/aromatic N) is 2. The van der Waals surface area contributed by atoms with Crippen molar-refractivity contribution in [2.75, 3.05) is 5.73 Å². The highest BCUT2D eigenvalue weighted by Gasteiger charge is 2.08. The molecule has 4 heteroatoms. The second kappa shape index (κ2) is 3.59. The first-order chi connectivity index (χ1) is 8.25. The topological polar surface area (TPSA) is 43.3 Å². The van der Waals surface area contributed by atoms with Gasteiger partial charge in [0.25, 0.3) is 0 Å². The van der Waals surface area contributed by atoms with Gasteiger partial charge in [-0.25, -0.2) is 9.37 Å². The Labute approximate surface area is 97.3 Å². The summed E-state index contributed by atoms with van der Waals surface area (Å²) < 4.78 is 15.0. The average Bonchev–Trinajstić information content (AvgIpc) is 2.74. The van der Waals surface area contributed by atoms with Gasteiger partial charge in [-0.1, -0.05) is 18.2 Å². The van der Waals surface area contributed by atoms with Gasteiger partial charge < -0.3 is 5.73 Å². The summed E-state index contributed by atoms with van der Waals surface area (Å²) in [4.78, 5) is 4.28. The van der Waals surface area contributed by atoms with Crippen molar-refractivity contribution in [3.63, 3.8) is 0 Å². The van der Waals surface area contributed by atoms with E-state index in [1.807, 2.05) is 18.2 Å². The summed E-state index contributed by atoms with van der Waals surface area (Å²) in [6, 6.07) is 11.9. The quantitative estimate of drug-likeness (QED) is 0.694. The van der Waals surface area contributed by atoms with Crippen molar-refractivity contribution in [1.29, 1.82) is 0 Å². The molecule has 3 aromatic rings. The van der Waals surface area contributed by atoms with E-state index in [1.54, 1.807) is 22.7 Å². The van der Waals surface area contributed by atoms with Crippen LogP contribution in [0.1, 0.15) is 0 Å². The number of aromatic nitrogens is 2. The van der Waals surface area contributed by atoms with E-state index in [1.165, 1.54) is 12.1 Å². The average molecular weight is 227 g/mol. The zero-order valence-corrected chi connectivity index (χ0v) is 8.97. The van der Waals surface area contributed by atoms with E-state index in [4.69, 9.17) is 5.73 Å². The predicted octanol–water partition coefficient (Wildman–Crippen LogP) is 2.72. The van der Waals surface area contributed by atoms with Crippen LogP contribution in [0.25, 0.3) is 16.9 Å². The number of nitrogens with two attached hydrogens (primary N) is 1. The van der Waals surface area contributed by atoms with Crippen LogP contribution < -0.4 is 5.73 Å². The molecule has 0 radical (unpaired) electrons. The van der Waals surface area contributed by atoms with Gasteiger partial charge in [-0.3, -0.25) is 4.40 Å². The van der Waals surface area contributed by atoms with Crippen molar-refractivity contribution in [1.82, 2.24) is 9.38 Å². The van der Waals surface area contributed by atoms with Crippen LogP contribution in [0, 0.1) is 5.82 Å². The first-order valence-corrected chi connectivity index (χ1v) is 5.23. The number of halogens is 1. The first-order valence-electron chi connectivity index (χ1n) is 5.23. The highest BCUT2D eigenvalue weighted by molar-refractivity contribution is 5.65. The van der Waals surface area contributed by atoms with Gasteiger partial charge in [-0.15, -0.1) is 0 Å². The summed E-state index contributed by atoms with van der Waals surface area (Å²) >= 11 is 0. The fourth-order valence-corrected chi connectivity index (χ4v) is 1.90. The second-order valence-electron chi connectivity index (χ2n) is 3.80. The first kappa shape index (κ1) is 9.84. The molecule has 0 fully saturated rings. The van der Waals surface area contributed by atoms with E-state index in [2.05, 4.69) is 4.98 Å². The molecule has 0 unspecified atom stereocenters. The van der Waals surface area contributed by atoms with Crippen LogP contribution in [-0.2, 0) is 0 Å². The van der Waals surface area contributed by atoms with Crippen LogP contribution in [0.2, 0.25) is 0 Å². The van der Waals surface area contributed by atoms with Crippen LogP contribution in [0.15, 0.2) is 48.7 Å². The fourth-order valence-electron chi connectivity index (χ4n) is 1.90. The molecule has 0 spiro atoms. The van der Waals surface area contributed by atoms with Crippen LogP contribution in [0.4, 0.5) is 10.2 Å². The van der Waals surface area contributed by atoms with E-state index in [0.717, 1.165) is 5.52 Å². The maximum atomic E-state index is 13.2. The fraction of sp³-hybridized carbons (Fsp3) is 0. The summed E-state index contributed by atoms with van der Waals surface area (Å²) in [6.45, 7) is 0. The number of rotatable bonds is 1. The zero-order valence-electron chi connectivity index (χ0n) is 8.97. The molecule has 0 aliphatic rings. The Morgan fingerprint density at radius 3 is 2.76 bits per heavy atom. The molecule has 2 heterocycles. The van der Waals surface area contributed by atoms with Gasteiger partial charge >= 0.3 is 0 Å². The molecular weight excluding hydrogens is 217 g/mol. The summed E-state index contributed by atoms with van der Waals surface area (Å²) in [5.74, 6) is 0.950.